The highest BCUT2D eigenvalue weighted by Gasteiger charge is 2.12. The quantitative estimate of drug-likeness (QED) is 0.231. The third-order valence-electron chi connectivity index (χ3n) is 2.62. The first-order valence-electron chi connectivity index (χ1n) is 6.43. The molecule has 0 radical (unpaired) electrons. The van der Waals surface area contributed by atoms with Gasteiger partial charge in [0, 0.05) is 20.1 Å². The van der Waals surface area contributed by atoms with E-state index in [4.69, 9.17) is 0 Å². The SMILES string of the molecule is C=CCNC(=NC)NCCCS(=O)(=O)c1ccccc1.I. The number of nitrogens with zero attached hydrogens (tertiary/aromatic N) is 1. The van der Waals surface area contributed by atoms with Crippen molar-refractivity contribution in [2.75, 3.05) is 25.9 Å². The zero-order valence-corrected chi connectivity index (χ0v) is 15.2. The molecule has 0 saturated carbocycles. The van der Waals surface area contributed by atoms with Crippen molar-refractivity contribution in [2.24, 2.45) is 4.99 Å². The second-order valence-electron chi connectivity index (χ2n) is 4.15. The molecule has 0 aliphatic carbocycles. The maximum Gasteiger partial charge on any atom is 0.191 e. The molecule has 0 aromatic heterocycles. The molecule has 7 heteroatoms. The maximum absolute atomic E-state index is 12.0. The van der Waals surface area contributed by atoms with Gasteiger partial charge in [-0.25, -0.2) is 8.42 Å². The summed E-state index contributed by atoms with van der Waals surface area (Å²) >= 11 is 0. The van der Waals surface area contributed by atoms with Gasteiger partial charge in [0.25, 0.3) is 0 Å². The molecular weight excluding hydrogens is 401 g/mol. The Hall–Kier alpha value is -1.09. The summed E-state index contributed by atoms with van der Waals surface area (Å²) in [5.74, 6) is 0.754. The number of sulfone groups is 1. The summed E-state index contributed by atoms with van der Waals surface area (Å²) in [5.41, 5.74) is 0. The highest BCUT2D eigenvalue weighted by atomic mass is 127. The van der Waals surface area contributed by atoms with Gasteiger partial charge in [-0.15, -0.1) is 30.6 Å². The van der Waals surface area contributed by atoms with E-state index in [-0.39, 0.29) is 29.7 Å². The summed E-state index contributed by atoms with van der Waals surface area (Å²) in [6.45, 7) is 4.76. The topological polar surface area (TPSA) is 70.6 Å². The number of guanidine groups is 1. The standard InChI is InChI=1S/C14H21N3O2S.HI/c1-3-10-16-14(15-2)17-11-7-12-20(18,19)13-8-5-4-6-9-13;/h3-6,8-9H,1,7,10-12H2,2H3,(H2,15,16,17);1H. The van der Waals surface area contributed by atoms with Crippen molar-refractivity contribution in [3.63, 3.8) is 0 Å². The summed E-state index contributed by atoms with van der Waals surface area (Å²) in [4.78, 5) is 4.38. The molecule has 5 nitrogen and oxygen atoms in total. The Morgan fingerprint density at radius 3 is 2.52 bits per heavy atom. The van der Waals surface area contributed by atoms with E-state index >= 15 is 0 Å². The molecule has 0 fully saturated rings. The van der Waals surface area contributed by atoms with Crippen molar-refractivity contribution >= 4 is 39.8 Å². The van der Waals surface area contributed by atoms with Gasteiger partial charge in [-0.1, -0.05) is 24.3 Å². The maximum atomic E-state index is 12.0. The van der Waals surface area contributed by atoms with Crippen LogP contribution in [0.3, 0.4) is 0 Å². The number of hydrogen-bond acceptors (Lipinski definition) is 3. The van der Waals surface area contributed by atoms with Crippen LogP contribution in [0.25, 0.3) is 0 Å². The minimum Gasteiger partial charge on any atom is -0.356 e. The molecule has 118 valence electrons. The van der Waals surface area contributed by atoms with Crippen LogP contribution in [0.5, 0.6) is 0 Å². The van der Waals surface area contributed by atoms with Crippen molar-refractivity contribution in [3.8, 4) is 0 Å². The van der Waals surface area contributed by atoms with Crippen LogP contribution in [0.4, 0.5) is 0 Å². The molecule has 21 heavy (non-hydrogen) atoms. The Morgan fingerprint density at radius 2 is 1.95 bits per heavy atom. The van der Waals surface area contributed by atoms with E-state index in [2.05, 4.69) is 22.2 Å². The number of aliphatic imine (C=N–C) groups is 1. The Bertz CT molecular complexity index is 545. The smallest absolute Gasteiger partial charge is 0.191 e. The summed E-state index contributed by atoms with van der Waals surface area (Å²) in [6.07, 6.45) is 2.25. The van der Waals surface area contributed by atoms with Gasteiger partial charge < -0.3 is 10.6 Å². The molecule has 0 spiro atoms. The highest BCUT2D eigenvalue weighted by Crippen LogP contribution is 2.10. The summed E-state index contributed by atoms with van der Waals surface area (Å²) < 4.78 is 24.1. The Kier molecular flexibility index (Phi) is 10.1. The van der Waals surface area contributed by atoms with Gasteiger partial charge in [0.2, 0.25) is 0 Å². The molecule has 0 amide bonds. The van der Waals surface area contributed by atoms with Gasteiger partial charge in [-0.3, -0.25) is 4.99 Å². The number of hydrogen-bond donors (Lipinski definition) is 2. The minimum atomic E-state index is -3.20. The van der Waals surface area contributed by atoms with Crippen LogP contribution in [0.2, 0.25) is 0 Å². The monoisotopic (exact) mass is 423 g/mol. The Labute approximate surface area is 143 Å². The van der Waals surface area contributed by atoms with Crippen LogP contribution < -0.4 is 10.6 Å². The van der Waals surface area contributed by atoms with Crippen molar-refractivity contribution in [2.45, 2.75) is 11.3 Å². The molecule has 1 rings (SSSR count). The average Bonchev–Trinajstić information content (AvgIpc) is 2.47. The van der Waals surface area contributed by atoms with Gasteiger partial charge >= 0.3 is 0 Å². The number of halogens is 1. The molecule has 1 aromatic rings. The average molecular weight is 423 g/mol. The van der Waals surface area contributed by atoms with E-state index < -0.39 is 9.84 Å². The lowest BCUT2D eigenvalue weighted by atomic mass is 10.4. The van der Waals surface area contributed by atoms with Crippen LogP contribution in [0.1, 0.15) is 6.42 Å². The molecule has 0 atom stereocenters. The van der Waals surface area contributed by atoms with Gasteiger partial charge in [0.1, 0.15) is 0 Å². The second kappa shape index (κ2) is 10.6. The second-order valence-corrected chi connectivity index (χ2v) is 6.26. The minimum absolute atomic E-state index is 0. The molecular formula is C14H22IN3O2S. The van der Waals surface area contributed by atoms with Gasteiger partial charge in [-0.05, 0) is 18.6 Å². The molecule has 1 aromatic carbocycles. The van der Waals surface area contributed by atoms with Crippen molar-refractivity contribution in [3.05, 3.63) is 43.0 Å². The van der Waals surface area contributed by atoms with E-state index in [9.17, 15) is 8.42 Å². The van der Waals surface area contributed by atoms with Crippen LogP contribution >= 0.6 is 24.0 Å². The Balaban J connectivity index is 0.00000400. The first-order valence-corrected chi connectivity index (χ1v) is 8.08. The molecule has 0 bridgehead atoms. The highest BCUT2D eigenvalue weighted by molar-refractivity contribution is 14.0. The van der Waals surface area contributed by atoms with Crippen molar-refractivity contribution in [1.82, 2.24) is 10.6 Å². The van der Waals surface area contributed by atoms with E-state index in [0.717, 1.165) is 0 Å². The summed E-state index contributed by atoms with van der Waals surface area (Å²) in [7, 11) is -1.53. The van der Waals surface area contributed by atoms with Crippen molar-refractivity contribution < 1.29 is 8.42 Å². The lowest BCUT2D eigenvalue weighted by molar-refractivity contribution is 0.592. The first-order chi connectivity index (χ1) is 9.60. The van der Waals surface area contributed by atoms with Crippen molar-refractivity contribution in [1.29, 1.82) is 0 Å². The van der Waals surface area contributed by atoms with Crippen LogP contribution in [0, 0.1) is 0 Å². The van der Waals surface area contributed by atoms with E-state index in [0.29, 0.717) is 30.4 Å². The normalized spacial score (nSPS) is 11.4. The third-order valence-corrected chi connectivity index (χ3v) is 4.44. The lowest BCUT2D eigenvalue weighted by Gasteiger charge is -2.10. The Morgan fingerprint density at radius 1 is 1.29 bits per heavy atom. The van der Waals surface area contributed by atoms with Gasteiger partial charge in [0.05, 0.1) is 10.6 Å². The molecule has 0 heterocycles. The fourth-order valence-corrected chi connectivity index (χ4v) is 2.94. The summed E-state index contributed by atoms with van der Waals surface area (Å²) in [6, 6.07) is 8.49. The summed E-state index contributed by atoms with van der Waals surface area (Å²) in [5, 5.41) is 6.07. The van der Waals surface area contributed by atoms with E-state index in [1.807, 2.05) is 0 Å². The number of rotatable bonds is 7. The molecule has 2 N–H and O–H groups in total. The van der Waals surface area contributed by atoms with E-state index in [1.54, 1.807) is 43.5 Å². The lowest BCUT2D eigenvalue weighted by Crippen LogP contribution is -2.38. The fourth-order valence-electron chi connectivity index (χ4n) is 1.60. The predicted molar refractivity (Wildman–Crippen MR) is 98.1 cm³/mol. The number of nitrogens with one attached hydrogen (secondary N) is 2. The zero-order valence-electron chi connectivity index (χ0n) is 12.1. The van der Waals surface area contributed by atoms with Crippen LogP contribution in [0.15, 0.2) is 52.9 Å². The van der Waals surface area contributed by atoms with E-state index in [1.165, 1.54) is 0 Å². The first kappa shape index (κ1) is 19.9. The molecule has 0 unspecified atom stereocenters. The van der Waals surface area contributed by atoms with Crippen LogP contribution in [-0.4, -0.2) is 40.3 Å². The molecule has 0 saturated heterocycles. The van der Waals surface area contributed by atoms with Gasteiger partial charge in [-0.2, -0.15) is 0 Å². The third kappa shape index (κ3) is 7.47. The molecule has 0 aliphatic rings. The number of benzene rings is 1. The largest absolute Gasteiger partial charge is 0.356 e. The zero-order chi connectivity index (χ0) is 14.8. The van der Waals surface area contributed by atoms with Gasteiger partial charge in [0.15, 0.2) is 15.8 Å². The van der Waals surface area contributed by atoms with Crippen LogP contribution in [-0.2, 0) is 9.84 Å². The predicted octanol–water partition coefficient (Wildman–Crippen LogP) is 1.82. The fraction of sp³-hybridized carbons (Fsp3) is 0.357. The molecule has 0 aliphatic heterocycles.